The van der Waals surface area contributed by atoms with E-state index in [-0.39, 0.29) is 17.7 Å². The Morgan fingerprint density at radius 3 is 2.31 bits per heavy atom. The van der Waals surface area contributed by atoms with Crippen LogP contribution in [0.1, 0.15) is 34.1 Å². The van der Waals surface area contributed by atoms with Crippen molar-refractivity contribution in [3.8, 4) is 0 Å². The van der Waals surface area contributed by atoms with Gasteiger partial charge in [-0.2, -0.15) is 0 Å². The first-order chi connectivity index (χ1) is 12.4. The van der Waals surface area contributed by atoms with Gasteiger partial charge in [0.05, 0.1) is 11.1 Å². The zero-order chi connectivity index (χ0) is 19.1. The van der Waals surface area contributed by atoms with Gasteiger partial charge in [-0.05, 0) is 33.1 Å². The average Bonchev–Trinajstić information content (AvgIpc) is 2.64. The number of piperazine rings is 1. The molecule has 0 bridgehead atoms. The molecule has 0 spiro atoms. The first kappa shape index (κ1) is 19.8. The lowest BCUT2D eigenvalue weighted by Crippen LogP contribution is -2.50. The van der Waals surface area contributed by atoms with Crippen molar-refractivity contribution in [2.75, 3.05) is 53.4 Å². The van der Waals surface area contributed by atoms with Crippen molar-refractivity contribution in [1.29, 1.82) is 0 Å². The third kappa shape index (κ3) is 5.52. The largest absolute Gasteiger partial charge is 0.352 e. The summed E-state index contributed by atoms with van der Waals surface area (Å²) in [5.41, 5.74) is 0.769. The number of carbonyl (C=O) groups excluding carboxylic acids is 3. The van der Waals surface area contributed by atoms with Gasteiger partial charge in [0.2, 0.25) is 5.91 Å². The predicted octanol–water partition coefficient (Wildman–Crippen LogP) is 0.0674. The van der Waals surface area contributed by atoms with Gasteiger partial charge in [0, 0.05) is 52.0 Å². The Hall–Kier alpha value is -2.48. The molecule has 142 valence electrons. The van der Waals surface area contributed by atoms with E-state index in [0.29, 0.717) is 43.9 Å². The van der Waals surface area contributed by atoms with Gasteiger partial charge in [-0.1, -0.05) is 0 Å². The van der Waals surface area contributed by atoms with E-state index < -0.39 is 0 Å². The van der Waals surface area contributed by atoms with Crippen LogP contribution < -0.4 is 5.32 Å². The second-order valence-electron chi connectivity index (χ2n) is 6.67. The maximum atomic E-state index is 12.6. The fourth-order valence-electron chi connectivity index (χ4n) is 2.79. The summed E-state index contributed by atoms with van der Waals surface area (Å²) in [7, 11) is 3.97. The highest BCUT2D eigenvalue weighted by atomic mass is 16.2. The molecule has 1 N–H and O–H groups in total. The van der Waals surface area contributed by atoms with Crippen LogP contribution in [0.4, 0.5) is 0 Å². The van der Waals surface area contributed by atoms with Gasteiger partial charge in [0.1, 0.15) is 0 Å². The monoisotopic (exact) mass is 361 g/mol. The van der Waals surface area contributed by atoms with Crippen LogP contribution in [-0.2, 0) is 4.79 Å². The lowest BCUT2D eigenvalue weighted by molar-refractivity contribution is -0.130. The Balaban J connectivity index is 1.92. The van der Waals surface area contributed by atoms with Gasteiger partial charge in [0.25, 0.3) is 11.8 Å². The van der Waals surface area contributed by atoms with Crippen molar-refractivity contribution in [2.45, 2.75) is 13.3 Å². The summed E-state index contributed by atoms with van der Waals surface area (Å²) in [5, 5.41) is 2.84. The lowest BCUT2D eigenvalue weighted by Gasteiger charge is -2.34. The second-order valence-corrected chi connectivity index (χ2v) is 6.67. The van der Waals surface area contributed by atoms with Crippen molar-refractivity contribution >= 4 is 17.7 Å². The predicted molar refractivity (Wildman–Crippen MR) is 97.9 cm³/mol. The molecule has 1 aliphatic heterocycles. The quantitative estimate of drug-likeness (QED) is 0.725. The minimum Gasteiger partial charge on any atom is -0.352 e. The molecular formula is C18H27N5O3. The van der Waals surface area contributed by atoms with E-state index in [1.165, 1.54) is 19.3 Å². The smallest absolute Gasteiger partial charge is 0.255 e. The normalized spacial score (nSPS) is 14.5. The van der Waals surface area contributed by atoms with Crippen LogP contribution in [0, 0.1) is 0 Å². The molecule has 2 heterocycles. The summed E-state index contributed by atoms with van der Waals surface area (Å²) in [5.74, 6) is -0.373. The van der Waals surface area contributed by atoms with E-state index in [4.69, 9.17) is 0 Å². The summed E-state index contributed by atoms with van der Waals surface area (Å²) in [6.45, 7) is 5.02. The average molecular weight is 361 g/mol. The topological polar surface area (TPSA) is 85.9 Å². The standard InChI is InChI=1S/C18H27N5O3/c1-14(24)22-7-9-23(10-8-22)18(26)16-11-15(12-19-13-16)17(25)20-5-4-6-21(2)3/h11-13H,4-10H2,1-3H3,(H,20,25). The van der Waals surface area contributed by atoms with E-state index in [2.05, 4.69) is 15.2 Å². The van der Waals surface area contributed by atoms with E-state index in [9.17, 15) is 14.4 Å². The molecule has 8 heteroatoms. The summed E-state index contributed by atoms with van der Waals surface area (Å²) in [6, 6.07) is 1.58. The Kier molecular flexibility index (Phi) is 7.08. The van der Waals surface area contributed by atoms with Gasteiger partial charge in [0.15, 0.2) is 0 Å². The molecule has 1 aromatic rings. The summed E-state index contributed by atoms with van der Waals surface area (Å²) < 4.78 is 0. The van der Waals surface area contributed by atoms with Crippen LogP contribution in [0.25, 0.3) is 0 Å². The first-order valence-electron chi connectivity index (χ1n) is 8.81. The number of pyridine rings is 1. The van der Waals surface area contributed by atoms with Crippen molar-refractivity contribution in [3.05, 3.63) is 29.6 Å². The van der Waals surface area contributed by atoms with Crippen molar-refractivity contribution in [2.24, 2.45) is 0 Å². The van der Waals surface area contributed by atoms with Gasteiger partial charge >= 0.3 is 0 Å². The molecule has 3 amide bonds. The third-order valence-electron chi connectivity index (χ3n) is 4.33. The van der Waals surface area contributed by atoms with Crippen molar-refractivity contribution < 1.29 is 14.4 Å². The van der Waals surface area contributed by atoms with Crippen LogP contribution in [-0.4, -0.2) is 90.8 Å². The van der Waals surface area contributed by atoms with Crippen molar-refractivity contribution in [1.82, 2.24) is 25.0 Å². The van der Waals surface area contributed by atoms with E-state index in [0.717, 1.165) is 13.0 Å². The van der Waals surface area contributed by atoms with E-state index >= 15 is 0 Å². The van der Waals surface area contributed by atoms with Crippen LogP contribution in [0.15, 0.2) is 18.5 Å². The van der Waals surface area contributed by atoms with Gasteiger partial charge in [-0.15, -0.1) is 0 Å². The number of nitrogens with one attached hydrogen (secondary N) is 1. The number of nitrogens with zero attached hydrogens (tertiary/aromatic N) is 4. The molecule has 1 saturated heterocycles. The fraction of sp³-hybridized carbons (Fsp3) is 0.556. The molecule has 26 heavy (non-hydrogen) atoms. The molecule has 1 fully saturated rings. The van der Waals surface area contributed by atoms with Gasteiger partial charge < -0.3 is 20.0 Å². The third-order valence-corrected chi connectivity index (χ3v) is 4.33. The number of hydrogen-bond acceptors (Lipinski definition) is 5. The van der Waals surface area contributed by atoms with Crippen molar-refractivity contribution in [3.63, 3.8) is 0 Å². The molecule has 1 aliphatic rings. The molecule has 1 aromatic heterocycles. The van der Waals surface area contributed by atoms with Gasteiger partial charge in [-0.25, -0.2) is 0 Å². The minimum absolute atomic E-state index is 0.0201. The van der Waals surface area contributed by atoms with Crippen LogP contribution in [0.2, 0.25) is 0 Å². The minimum atomic E-state index is -0.229. The zero-order valence-corrected chi connectivity index (χ0v) is 15.7. The molecule has 0 unspecified atom stereocenters. The molecule has 8 nitrogen and oxygen atoms in total. The second kappa shape index (κ2) is 9.28. The fourth-order valence-corrected chi connectivity index (χ4v) is 2.79. The number of rotatable bonds is 6. The van der Waals surface area contributed by atoms with Crippen LogP contribution >= 0.6 is 0 Å². The molecule has 0 radical (unpaired) electrons. The molecular weight excluding hydrogens is 334 g/mol. The van der Waals surface area contributed by atoms with E-state index in [1.54, 1.807) is 15.9 Å². The maximum Gasteiger partial charge on any atom is 0.255 e. The Morgan fingerprint density at radius 1 is 1.08 bits per heavy atom. The van der Waals surface area contributed by atoms with Crippen LogP contribution in [0.3, 0.4) is 0 Å². The first-order valence-corrected chi connectivity index (χ1v) is 8.81. The van der Waals surface area contributed by atoms with E-state index in [1.807, 2.05) is 14.1 Å². The number of hydrogen-bond donors (Lipinski definition) is 1. The highest BCUT2D eigenvalue weighted by molar-refractivity contribution is 5.99. The molecule has 0 atom stereocenters. The number of aromatic nitrogens is 1. The lowest BCUT2D eigenvalue weighted by atomic mass is 10.1. The summed E-state index contributed by atoms with van der Waals surface area (Å²) >= 11 is 0. The molecule has 0 aromatic carbocycles. The zero-order valence-electron chi connectivity index (χ0n) is 15.7. The Morgan fingerprint density at radius 2 is 1.69 bits per heavy atom. The number of amides is 3. The Bertz CT molecular complexity index is 654. The maximum absolute atomic E-state index is 12.6. The number of carbonyl (C=O) groups is 3. The van der Waals surface area contributed by atoms with Gasteiger partial charge in [-0.3, -0.25) is 19.4 Å². The highest BCUT2D eigenvalue weighted by Gasteiger charge is 2.24. The SMILES string of the molecule is CC(=O)N1CCN(C(=O)c2cncc(C(=O)NCCCN(C)C)c2)CC1. The highest BCUT2D eigenvalue weighted by Crippen LogP contribution is 2.10. The Labute approximate surface area is 154 Å². The molecule has 0 aliphatic carbocycles. The summed E-state index contributed by atoms with van der Waals surface area (Å²) in [6.07, 6.45) is 3.79. The summed E-state index contributed by atoms with van der Waals surface area (Å²) in [4.78, 5) is 45.7. The molecule has 2 rings (SSSR count). The molecule has 0 saturated carbocycles. The van der Waals surface area contributed by atoms with Crippen LogP contribution in [0.5, 0.6) is 0 Å².